The van der Waals surface area contributed by atoms with Crippen LogP contribution < -0.4 is 5.56 Å². The van der Waals surface area contributed by atoms with Crippen LogP contribution in [0.15, 0.2) is 41.2 Å². The highest BCUT2D eigenvalue weighted by Crippen LogP contribution is 2.12. The van der Waals surface area contributed by atoms with Crippen LogP contribution >= 0.6 is 0 Å². The zero-order valence-electron chi connectivity index (χ0n) is 11.4. The first-order valence-corrected chi connectivity index (χ1v) is 6.26. The molecule has 0 aliphatic heterocycles. The van der Waals surface area contributed by atoms with Crippen molar-refractivity contribution in [2.75, 3.05) is 0 Å². The third-order valence-corrected chi connectivity index (χ3v) is 3.26. The van der Waals surface area contributed by atoms with E-state index in [1.807, 2.05) is 45.0 Å². The Morgan fingerprint density at radius 2 is 1.84 bits per heavy atom. The van der Waals surface area contributed by atoms with Crippen molar-refractivity contribution in [3.63, 3.8) is 0 Å². The molecule has 0 radical (unpaired) electrons. The largest absolute Gasteiger partial charge is 0.305 e. The van der Waals surface area contributed by atoms with E-state index >= 15 is 0 Å². The Hall–Kier alpha value is -2.16. The Kier molecular flexibility index (Phi) is 3.65. The zero-order chi connectivity index (χ0) is 14.0. The van der Waals surface area contributed by atoms with Crippen LogP contribution in [0.25, 0.3) is 0 Å². The monoisotopic (exact) mass is 255 g/mol. The minimum atomic E-state index is -0.140. The normalized spacial score (nSPS) is 10.5. The minimum absolute atomic E-state index is 0.0300. The lowest BCUT2D eigenvalue weighted by molar-refractivity contribution is 0.0969. The van der Waals surface area contributed by atoms with Gasteiger partial charge in [0.05, 0.1) is 6.54 Å². The second-order valence-corrected chi connectivity index (χ2v) is 4.83. The summed E-state index contributed by atoms with van der Waals surface area (Å²) in [6.07, 6.45) is 0. The predicted molar refractivity (Wildman–Crippen MR) is 75.7 cm³/mol. The van der Waals surface area contributed by atoms with Gasteiger partial charge in [-0.1, -0.05) is 23.8 Å². The number of aromatic nitrogens is 1. The molecule has 0 aliphatic carbocycles. The summed E-state index contributed by atoms with van der Waals surface area (Å²) in [4.78, 5) is 24.1. The van der Waals surface area contributed by atoms with Crippen molar-refractivity contribution in [3.05, 3.63) is 69.1 Å². The van der Waals surface area contributed by atoms with E-state index in [0.29, 0.717) is 5.56 Å². The fraction of sp³-hybridized carbons (Fsp3) is 0.250. The van der Waals surface area contributed by atoms with Crippen LogP contribution in [0.3, 0.4) is 0 Å². The van der Waals surface area contributed by atoms with Crippen LogP contribution in [0, 0.1) is 20.8 Å². The second kappa shape index (κ2) is 5.22. The van der Waals surface area contributed by atoms with Crippen molar-refractivity contribution in [3.8, 4) is 0 Å². The SMILES string of the molecule is Cc1ccc(C)c(C(=O)Cn2c(C)cccc2=O)c1. The van der Waals surface area contributed by atoms with Gasteiger partial charge in [-0.15, -0.1) is 0 Å². The number of benzene rings is 1. The van der Waals surface area contributed by atoms with E-state index in [1.54, 1.807) is 6.07 Å². The first-order valence-electron chi connectivity index (χ1n) is 6.26. The number of hydrogen-bond donors (Lipinski definition) is 0. The highest BCUT2D eigenvalue weighted by Gasteiger charge is 2.11. The summed E-state index contributed by atoms with van der Waals surface area (Å²) in [6.45, 7) is 5.79. The van der Waals surface area contributed by atoms with Gasteiger partial charge in [-0.2, -0.15) is 0 Å². The maximum Gasteiger partial charge on any atom is 0.251 e. The Balaban J connectivity index is 2.36. The Bertz CT molecular complexity index is 683. The first kappa shape index (κ1) is 13.3. The van der Waals surface area contributed by atoms with Crippen molar-refractivity contribution in [2.24, 2.45) is 0 Å². The summed E-state index contributed by atoms with van der Waals surface area (Å²) in [5, 5.41) is 0. The fourth-order valence-corrected chi connectivity index (χ4v) is 2.09. The average molecular weight is 255 g/mol. The third kappa shape index (κ3) is 2.81. The lowest BCUT2D eigenvalue weighted by atomic mass is 10.0. The molecule has 0 amide bonds. The van der Waals surface area contributed by atoms with Gasteiger partial charge in [0, 0.05) is 17.3 Å². The molecule has 1 heterocycles. The number of pyridine rings is 1. The molecular weight excluding hydrogens is 238 g/mol. The maximum absolute atomic E-state index is 12.3. The number of hydrogen-bond acceptors (Lipinski definition) is 2. The predicted octanol–water partition coefficient (Wildman–Crippen LogP) is 2.66. The van der Waals surface area contributed by atoms with Gasteiger partial charge >= 0.3 is 0 Å². The van der Waals surface area contributed by atoms with Crippen LogP contribution in [0.4, 0.5) is 0 Å². The van der Waals surface area contributed by atoms with Crippen LogP contribution in [0.1, 0.15) is 27.2 Å². The number of Topliss-reactive ketones (excluding diaryl/α,β-unsaturated/α-hetero) is 1. The molecule has 0 aliphatic rings. The molecule has 3 heteroatoms. The zero-order valence-corrected chi connectivity index (χ0v) is 11.4. The van der Waals surface area contributed by atoms with Gasteiger partial charge in [0.15, 0.2) is 5.78 Å². The molecule has 0 atom stereocenters. The summed E-state index contributed by atoms with van der Waals surface area (Å²) in [5.74, 6) is -0.0300. The van der Waals surface area contributed by atoms with E-state index in [4.69, 9.17) is 0 Å². The molecular formula is C16H17NO2. The van der Waals surface area contributed by atoms with Crippen molar-refractivity contribution in [2.45, 2.75) is 27.3 Å². The average Bonchev–Trinajstić information content (AvgIpc) is 2.37. The van der Waals surface area contributed by atoms with Gasteiger partial charge in [-0.25, -0.2) is 0 Å². The summed E-state index contributed by atoms with van der Waals surface area (Å²) in [6, 6.07) is 10.8. The van der Waals surface area contributed by atoms with Gasteiger partial charge in [-0.3, -0.25) is 9.59 Å². The number of nitrogens with zero attached hydrogens (tertiary/aromatic N) is 1. The third-order valence-electron chi connectivity index (χ3n) is 3.26. The Labute approximate surface area is 112 Å². The number of rotatable bonds is 3. The molecule has 2 aromatic rings. The van der Waals surface area contributed by atoms with Crippen LogP contribution in [0.5, 0.6) is 0 Å². The quantitative estimate of drug-likeness (QED) is 0.791. The molecule has 1 aromatic heterocycles. The van der Waals surface area contributed by atoms with Gasteiger partial charge in [0.2, 0.25) is 0 Å². The lowest BCUT2D eigenvalue weighted by Gasteiger charge is -2.10. The lowest BCUT2D eigenvalue weighted by Crippen LogP contribution is -2.25. The molecule has 1 aromatic carbocycles. The van der Waals surface area contributed by atoms with E-state index in [2.05, 4.69) is 0 Å². The fourth-order valence-electron chi connectivity index (χ4n) is 2.09. The Morgan fingerprint density at radius 3 is 2.53 bits per heavy atom. The van der Waals surface area contributed by atoms with E-state index < -0.39 is 0 Å². The van der Waals surface area contributed by atoms with Gasteiger partial charge in [-0.05, 0) is 38.5 Å². The van der Waals surface area contributed by atoms with Crippen LogP contribution in [-0.2, 0) is 6.54 Å². The van der Waals surface area contributed by atoms with E-state index in [1.165, 1.54) is 10.6 Å². The molecule has 98 valence electrons. The molecule has 0 N–H and O–H groups in total. The smallest absolute Gasteiger partial charge is 0.251 e. The van der Waals surface area contributed by atoms with Crippen molar-refractivity contribution in [1.29, 1.82) is 0 Å². The second-order valence-electron chi connectivity index (χ2n) is 4.83. The number of ketones is 1. The number of carbonyl (C=O) groups excluding carboxylic acids is 1. The molecule has 0 unspecified atom stereocenters. The first-order chi connectivity index (χ1) is 8.99. The molecule has 0 fully saturated rings. The summed E-state index contributed by atoms with van der Waals surface area (Å²) < 4.78 is 1.50. The summed E-state index contributed by atoms with van der Waals surface area (Å²) >= 11 is 0. The molecule has 19 heavy (non-hydrogen) atoms. The van der Waals surface area contributed by atoms with Crippen LogP contribution in [-0.4, -0.2) is 10.4 Å². The van der Waals surface area contributed by atoms with Crippen molar-refractivity contribution < 1.29 is 4.79 Å². The molecule has 2 rings (SSSR count). The summed E-state index contributed by atoms with van der Waals surface area (Å²) in [5.41, 5.74) is 3.34. The molecule has 0 bridgehead atoms. The maximum atomic E-state index is 12.3. The molecule has 0 saturated carbocycles. The van der Waals surface area contributed by atoms with E-state index in [-0.39, 0.29) is 17.9 Å². The van der Waals surface area contributed by atoms with Gasteiger partial charge in [0.1, 0.15) is 0 Å². The minimum Gasteiger partial charge on any atom is -0.305 e. The van der Waals surface area contributed by atoms with Crippen LogP contribution in [0.2, 0.25) is 0 Å². The molecule has 3 nitrogen and oxygen atoms in total. The number of carbonyl (C=O) groups is 1. The van der Waals surface area contributed by atoms with Gasteiger partial charge in [0.25, 0.3) is 5.56 Å². The van der Waals surface area contributed by atoms with Crippen molar-refractivity contribution >= 4 is 5.78 Å². The highest BCUT2D eigenvalue weighted by atomic mass is 16.1. The number of aryl methyl sites for hydroxylation is 3. The standard InChI is InChI=1S/C16H17NO2/c1-11-7-8-12(2)14(9-11)15(18)10-17-13(3)5-4-6-16(17)19/h4-9H,10H2,1-3H3. The van der Waals surface area contributed by atoms with Crippen molar-refractivity contribution in [1.82, 2.24) is 4.57 Å². The highest BCUT2D eigenvalue weighted by molar-refractivity contribution is 5.97. The summed E-state index contributed by atoms with van der Waals surface area (Å²) in [7, 11) is 0. The topological polar surface area (TPSA) is 39.1 Å². The van der Waals surface area contributed by atoms with E-state index in [0.717, 1.165) is 16.8 Å². The van der Waals surface area contributed by atoms with Gasteiger partial charge < -0.3 is 4.57 Å². The Morgan fingerprint density at radius 1 is 1.11 bits per heavy atom. The molecule has 0 saturated heterocycles. The molecule has 0 spiro atoms. The van der Waals surface area contributed by atoms with E-state index in [9.17, 15) is 9.59 Å².